The van der Waals surface area contributed by atoms with Gasteiger partial charge in [-0.05, 0) is 12.1 Å². The predicted molar refractivity (Wildman–Crippen MR) is 101 cm³/mol. The highest BCUT2D eigenvalue weighted by molar-refractivity contribution is 7.86. The largest absolute Gasteiger partial charge is 0.453 e. The van der Waals surface area contributed by atoms with E-state index in [2.05, 4.69) is 0 Å². The lowest BCUT2D eigenvalue weighted by atomic mass is 10.1. The molecule has 2 aliphatic rings. The Kier molecular flexibility index (Phi) is 7.12. The normalized spacial score (nSPS) is 27.9. The van der Waals surface area contributed by atoms with E-state index in [1.54, 1.807) is 18.2 Å². The first-order chi connectivity index (χ1) is 14.0. The van der Waals surface area contributed by atoms with Gasteiger partial charge in [-0.15, -0.1) is 0 Å². The first-order valence-corrected chi connectivity index (χ1v) is 12.5. The Labute approximate surface area is 174 Å². The zero-order valence-corrected chi connectivity index (χ0v) is 17.8. The lowest BCUT2D eigenvalue weighted by Crippen LogP contribution is -2.44. The van der Waals surface area contributed by atoms with E-state index in [-0.39, 0.29) is 18.8 Å². The highest BCUT2D eigenvalue weighted by Gasteiger charge is 2.54. The highest BCUT2D eigenvalue weighted by atomic mass is 32.2. The highest BCUT2D eigenvalue weighted by Crippen LogP contribution is 2.33. The third kappa shape index (κ3) is 6.20. The van der Waals surface area contributed by atoms with Gasteiger partial charge in [-0.2, -0.15) is 16.8 Å². The second kappa shape index (κ2) is 9.26. The van der Waals surface area contributed by atoms with Crippen LogP contribution in [0.4, 0.5) is 0 Å². The third-order valence-electron chi connectivity index (χ3n) is 4.25. The van der Waals surface area contributed by atoms with Crippen LogP contribution in [0, 0.1) is 0 Å². The Morgan fingerprint density at radius 3 is 2.20 bits per heavy atom. The van der Waals surface area contributed by atoms with Gasteiger partial charge in [0, 0.05) is 0 Å². The molecule has 4 atom stereocenters. The summed E-state index contributed by atoms with van der Waals surface area (Å²) in [5.41, 5.74) is 0.204. The van der Waals surface area contributed by atoms with Gasteiger partial charge in [0.15, 0.2) is 12.4 Å². The van der Waals surface area contributed by atoms with Gasteiger partial charge in [0.2, 0.25) is 0 Å². The number of esters is 1. The van der Waals surface area contributed by atoms with Crippen molar-refractivity contribution in [3.05, 3.63) is 35.9 Å². The molecule has 0 N–H and O–H groups in total. The van der Waals surface area contributed by atoms with Gasteiger partial charge in [-0.1, -0.05) is 18.2 Å². The Morgan fingerprint density at radius 2 is 1.63 bits per heavy atom. The summed E-state index contributed by atoms with van der Waals surface area (Å²) in [6.07, 6.45) is -4.23. The summed E-state index contributed by atoms with van der Waals surface area (Å²) in [6, 6.07) is 7.97. The van der Waals surface area contributed by atoms with Crippen molar-refractivity contribution in [2.45, 2.75) is 30.7 Å². The molecule has 0 amide bonds. The van der Waals surface area contributed by atoms with Crippen LogP contribution < -0.4 is 0 Å². The van der Waals surface area contributed by atoms with Crippen molar-refractivity contribution < 1.29 is 48.9 Å². The molecule has 0 bridgehead atoms. The van der Waals surface area contributed by atoms with Gasteiger partial charge in [0.25, 0.3) is 20.2 Å². The number of rotatable bonds is 8. The van der Waals surface area contributed by atoms with Gasteiger partial charge in [0.1, 0.15) is 18.3 Å². The Bertz CT molecular complexity index is 939. The molecule has 11 nitrogen and oxygen atoms in total. The Morgan fingerprint density at radius 1 is 1.00 bits per heavy atom. The molecule has 30 heavy (non-hydrogen) atoms. The lowest BCUT2D eigenvalue weighted by molar-refractivity contribution is -0.156. The molecule has 1 aromatic rings. The maximum absolute atomic E-state index is 12.6. The van der Waals surface area contributed by atoms with Crippen LogP contribution in [0.1, 0.15) is 10.4 Å². The zero-order valence-electron chi connectivity index (χ0n) is 16.2. The van der Waals surface area contributed by atoms with Gasteiger partial charge in [-0.3, -0.25) is 8.37 Å². The monoisotopic (exact) mass is 466 g/mol. The SMILES string of the molecule is CS(=O)(=O)OC[C@H]1O[C@@H](C2OCCO2)[C@@H](OS(C)(=O)=O)[C@@H]1OC(=O)c1ccccc1. The summed E-state index contributed by atoms with van der Waals surface area (Å²) in [5.74, 6) is -0.774. The molecule has 2 aliphatic heterocycles. The molecule has 2 fully saturated rings. The quantitative estimate of drug-likeness (QED) is 0.367. The number of carbonyl (C=O) groups is 1. The van der Waals surface area contributed by atoms with Crippen molar-refractivity contribution in [2.75, 3.05) is 32.3 Å². The zero-order chi connectivity index (χ0) is 21.9. The second-order valence-corrected chi connectivity index (χ2v) is 9.98. The third-order valence-corrected chi connectivity index (χ3v) is 5.38. The van der Waals surface area contributed by atoms with E-state index in [0.717, 1.165) is 12.5 Å². The smallest absolute Gasteiger partial charge is 0.338 e. The van der Waals surface area contributed by atoms with E-state index in [1.165, 1.54) is 12.1 Å². The summed E-state index contributed by atoms with van der Waals surface area (Å²) in [5, 5.41) is 0. The molecule has 2 saturated heterocycles. The van der Waals surface area contributed by atoms with Gasteiger partial charge < -0.3 is 18.9 Å². The maximum Gasteiger partial charge on any atom is 0.338 e. The lowest BCUT2D eigenvalue weighted by Gasteiger charge is -2.25. The maximum atomic E-state index is 12.6. The molecule has 0 unspecified atom stereocenters. The minimum absolute atomic E-state index is 0.204. The molecule has 2 heterocycles. The molecule has 1 aromatic carbocycles. The number of benzene rings is 1. The fraction of sp³-hybridized carbons (Fsp3) is 0.588. The number of ether oxygens (including phenoxy) is 4. The standard InChI is InChI=1S/C17H22O11S2/c1-29(19,20)25-10-12-13(27-16(18)11-6-4-3-5-7-11)14(28-30(2,21)22)15(26-12)17-23-8-9-24-17/h3-7,12-15,17H,8-10H2,1-2H3/t12-,13-,14+,15-/m1/s1. The summed E-state index contributed by atoms with van der Waals surface area (Å²) in [4.78, 5) is 12.6. The van der Waals surface area contributed by atoms with Gasteiger partial charge in [-0.25, -0.2) is 4.79 Å². The minimum atomic E-state index is -4.01. The molecular formula is C17H22O11S2. The van der Waals surface area contributed by atoms with Crippen molar-refractivity contribution >= 4 is 26.2 Å². The predicted octanol–water partition coefficient (Wildman–Crippen LogP) is -0.327. The first-order valence-electron chi connectivity index (χ1n) is 8.91. The number of hydrogen-bond acceptors (Lipinski definition) is 11. The Balaban J connectivity index is 1.89. The summed E-state index contributed by atoms with van der Waals surface area (Å²) >= 11 is 0. The average molecular weight is 466 g/mol. The van der Waals surface area contributed by atoms with E-state index in [4.69, 9.17) is 27.3 Å². The molecule has 0 saturated carbocycles. The van der Waals surface area contributed by atoms with Crippen LogP contribution in [-0.4, -0.2) is 85.8 Å². The van der Waals surface area contributed by atoms with Crippen LogP contribution in [-0.2, 0) is 47.5 Å². The van der Waals surface area contributed by atoms with Crippen LogP contribution in [0.15, 0.2) is 30.3 Å². The average Bonchev–Trinajstić information content (AvgIpc) is 3.28. The summed E-state index contributed by atoms with van der Waals surface area (Å²) in [6.45, 7) is -0.0391. The summed E-state index contributed by atoms with van der Waals surface area (Å²) in [7, 11) is -7.86. The van der Waals surface area contributed by atoms with Crippen LogP contribution >= 0.6 is 0 Å². The number of hydrogen-bond donors (Lipinski definition) is 0. The van der Waals surface area contributed by atoms with Crippen molar-refractivity contribution in [3.63, 3.8) is 0 Å². The summed E-state index contributed by atoms with van der Waals surface area (Å²) < 4.78 is 78.5. The fourth-order valence-corrected chi connectivity index (χ4v) is 4.09. The first kappa shape index (κ1) is 23.1. The molecule has 0 spiro atoms. The fourth-order valence-electron chi connectivity index (χ4n) is 3.09. The molecule has 3 rings (SSSR count). The second-order valence-electron chi connectivity index (χ2n) is 6.74. The topological polar surface area (TPSA) is 141 Å². The molecule has 0 aromatic heterocycles. The van der Waals surface area contributed by atoms with Crippen LogP contribution in [0.5, 0.6) is 0 Å². The van der Waals surface area contributed by atoms with Crippen LogP contribution in [0.2, 0.25) is 0 Å². The molecule has 13 heteroatoms. The van der Waals surface area contributed by atoms with Gasteiger partial charge >= 0.3 is 5.97 Å². The van der Waals surface area contributed by atoms with Crippen molar-refractivity contribution in [2.24, 2.45) is 0 Å². The van der Waals surface area contributed by atoms with E-state index in [1.807, 2.05) is 0 Å². The molecule has 168 valence electrons. The van der Waals surface area contributed by atoms with Gasteiger partial charge in [0.05, 0.1) is 37.9 Å². The van der Waals surface area contributed by atoms with E-state index >= 15 is 0 Å². The molecule has 0 radical (unpaired) electrons. The van der Waals surface area contributed by atoms with Crippen molar-refractivity contribution in [1.29, 1.82) is 0 Å². The Hall–Kier alpha value is -1.61. The van der Waals surface area contributed by atoms with E-state index < -0.39 is 63.5 Å². The van der Waals surface area contributed by atoms with Crippen molar-refractivity contribution in [1.82, 2.24) is 0 Å². The molecular weight excluding hydrogens is 444 g/mol. The van der Waals surface area contributed by atoms with E-state index in [0.29, 0.717) is 0 Å². The molecule has 0 aliphatic carbocycles. The van der Waals surface area contributed by atoms with Crippen LogP contribution in [0.25, 0.3) is 0 Å². The minimum Gasteiger partial charge on any atom is -0.453 e. The number of carbonyl (C=O) groups excluding carboxylic acids is 1. The van der Waals surface area contributed by atoms with Crippen LogP contribution in [0.3, 0.4) is 0 Å². The van der Waals surface area contributed by atoms with E-state index in [9.17, 15) is 21.6 Å². The van der Waals surface area contributed by atoms with Crippen molar-refractivity contribution in [3.8, 4) is 0 Å².